The lowest BCUT2D eigenvalue weighted by Crippen LogP contribution is -2.30. The fraction of sp³-hybridized carbons (Fsp3) is 0.647. The number of para-hydroxylation sites is 1. The number of hydrogen-bond acceptors (Lipinski definition) is 3. The van der Waals surface area contributed by atoms with Crippen molar-refractivity contribution in [1.29, 1.82) is 0 Å². The second-order valence-corrected chi connectivity index (χ2v) is 6.28. The van der Waals surface area contributed by atoms with Crippen molar-refractivity contribution in [2.24, 2.45) is 0 Å². The Hall–Kier alpha value is -1.22. The van der Waals surface area contributed by atoms with Crippen LogP contribution in [0.15, 0.2) is 18.2 Å². The third kappa shape index (κ3) is 3.89. The van der Waals surface area contributed by atoms with Crippen LogP contribution in [-0.2, 0) is 6.42 Å². The Morgan fingerprint density at radius 3 is 2.95 bits per heavy atom. The van der Waals surface area contributed by atoms with Crippen LogP contribution in [0.5, 0.6) is 11.5 Å². The highest BCUT2D eigenvalue weighted by Gasteiger charge is 2.32. The van der Waals surface area contributed by atoms with Crippen molar-refractivity contribution in [2.45, 2.75) is 58.6 Å². The molecule has 1 atom stereocenters. The molecule has 0 spiro atoms. The minimum atomic E-state index is -0.115. The van der Waals surface area contributed by atoms with Crippen LogP contribution in [0.4, 0.5) is 0 Å². The van der Waals surface area contributed by atoms with Crippen LogP contribution in [0.2, 0.25) is 0 Å². The number of rotatable bonds is 7. The van der Waals surface area contributed by atoms with E-state index >= 15 is 0 Å². The van der Waals surface area contributed by atoms with Crippen LogP contribution < -0.4 is 14.8 Å². The topological polar surface area (TPSA) is 30.5 Å². The first-order chi connectivity index (χ1) is 9.52. The maximum atomic E-state index is 6.00. The number of fused-ring (bicyclic) bond motifs is 1. The van der Waals surface area contributed by atoms with E-state index in [0.29, 0.717) is 12.6 Å². The molecule has 1 aliphatic rings. The van der Waals surface area contributed by atoms with Crippen LogP contribution in [-0.4, -0.2) is 24.8 Å². The van der Waals surface area contributed by atoms with Crippen molar-refractivity contribution in [2.75, 3.05) is 13.2 Å². The maximum Gasteiger partial charge on any atom is 0.165 e. The van der Waals surface area contributed by atoms with Gasteiger partial charge in [0.1, 0.15) is 12.2 Å². The molecule has 0 radical (unpaired) electrons. The van der Waals surface area contributed by atoms with E-state index in [0.717, 1.165) is 24.5 Å². The van der Waals surface area contributed by atoms with E-state index in [9.17, 15) is 0 Å². The second kappa shape index (κ2) is 6.49. The van der Waals surface area contributed by atoms with Gasteiger partial charge in [0, 0.05) is 24.6 Å². The smallest absolute Gasteiger partial charge is 0.165 e. The molecule has 3 nitrogen and oxygen atoms in total. The Kier molecular flexibility index (Phi) is 4.92. The monoisotopic (exact) mass is 277 g/mol. The van der Waals surface area contributed by atoms with Crippen LogP contribution in [0, 0.1) is 0 Å². The van der Waals surface area contributed by atoms with Gasteiger partial charge in [-0.25, -0.2) is 0 Å². The van der Waals surface area contributed by atoms with Crippen molar-refractivity contribution in [3.05, 3.63) is 23.8 Å². The summed E-state index contributed by atoms with van der Waals surface area (Å²) < 4.78 is 11.9. The summed E-state index contributed by atoms with van der Waals surface area (Å²) in [5.41, 5.74) is 1.13. The molecule has 0 aromatic heterocycles. The first kappa shape index (κ1) is 15.2. The molecule has 20 heavy (non-hydrogen) atoms. The molecule has 0 bridgehead atoms. The molecule has 0 saturated carbocycles. The second-order valence-electron chi connectivity index (χ2n) is 6.28. The molecule has 1 heterocycles. The van der Waals surface area contributed by atoms with E-state index < -0.39 is 0 Å². The van der Waals surface area contributed by atoms with Crippen LogP contribution in [0.25, 0.3) is 0 Å². The van der Waals surface area contributed by atoms with Gasteiger partial charge in [-0.1, -0.05) is 25.5 Å². The molecule has 1 unspecified atom stereocenters. The molecule has 0 saturated heterocycles. The largest absolute Gasteiger partial charge is 0.488 e. The van der Waals surface area contributed by atoms with Gasteiger partial charge in [-0.15, -0.1) is 0 Å². The van der Waals surface area contributed by atoms with Gasteiger partial charge in [-0.3, -0.25) is 0 Å². The van der Waals surface area contributed by atoms with Gasteiger partial charge >= 0.3 is 0 Å². The van der Waals surface area contributed by atoms with Crippen LogP contribution in [0.3, 0.4) is 0 Å². The van der Waals surface area contributed by atoms with E-state index in [1.807, 2.05) is 12.1 Å². The van der Waals surface area contributed by atoms with E-state index in [1.54, 1.807) is 0 Å². The standard InChI is InChI=1S/C17H27NO2/c1-5-7-13(2)18-10-11-19-15-9-6-8-14-12-17(3,4)20-16(14)15/h6,8-9,13,18H,5,7,10-12H2,1-4H3. The zero-order valence-electron chi connectivity index (χ0n) is 13.2. The van der Waals surface area contributed by atoms with Crippen molar-refractivity contribution in [3.8, 4) is 11.5 Å². The summed E-state index contributed by atoms with van der Waals surface area (Å²) in [5.74, 6) is 1.80. The molecule has 1 aromatic rings. The van der Waals surface area contributed by atoms with Gasteiger partial charge in [0.05, 0.1) is 0 Å². The highest BCUT2D eigenvalue weighted by atomic mass is 16.5. The summed E-state index contributed by atoms with van der Waals surface area (Å²) in [6.45, 7) is 10.2. The van der Waals surface area contributed by atoms with E-state index in [-0.39, 0.29) is 5.60 Å². The molecular formula is C17H27NO2. The van der Waals surface area contributed by atoms with Gasteiger partial charge in [-0.05, 0) is 33.3 Å². The van der Waals surface area contributed by atoms with Crippen LogP contribution >= 0.6 is 0 Å². The van der Waals surface area contributed by atoms with Gasteiger partial charge in [0.15, 0.2) is 11.5 Å². The average Bonchev–Trinajstić information content (AvgIpc) is 2.69. The number of nitrogens with one attached hydrogen (secondary N) is 1. The first-order valence-corrected chi connectivity index (χ1v) is 7.69. The molecule has 3 heteroatoms. The number of benzene rings is 1. The molecule has 0 amide bonds. The normalized spacial score (nSPS) is 17.4. The summed E-state index contributed by atoms with van der Waals surface area (Å²) in [6.07, 6.45) is 3.37. The fourth-order valence-electron chi connectivity index (χ4n) is 2.70. The molecule has 1 aliphatic heterocycles. The summed E-state index contributed by atoms with van der Waals surface area (Å²) in [6, 6.07) is 6.72. The summed E-state index contributed by atoms with van der Waals surface area (Å²) in [4.78, 5) is 0. The predicted octanol–water partition coefficient (Wildman–Crippen LogP) is 3.56. The van der Waals surface area contributed by atoms with Gasteiger partial charge in [-0.2, -0.15) is 0 Å². The predicted molar refractivity (Wildman–Crippen MR) is 82.7 cm³/mol. The molecule has 0 aliphatic carbocycles. The maximum absolute atomic E-state index is 6.00. The third-order valence-electron chi connectivity index (χ3n) is 3.63. The Bertz CT molecular complexity index is 443. The van der Waals surface area contributed by atoms with E-state index in [2.05, 4.69) is 39.1 Å². The molecule has 112 valence electrons. The quantitative estimate of drug-likeness (QED) is 0.773. The van der Waals surface area contributed by atoms with E-state index in [4.69, 9.17) is 9.47 Å². The lowest BCUT2D eigenvalue weighted by Gasteiger charge is -2.18. The Balaban J connectivity index is 1.85. The minimum absolute atomic E-state index is 0.115. The first-order valence-electron chi connectivity index (χ1n) is 7.69. The Morgan fingerprint density at radius 2 is 2.20 bits per heavy atom. The van der Waals surface area contributed by atoms with Crippen molar-refractivity contribution in [1.82, 2.24) is 5.32 Å². The summed E-state index contributed by atoms with van der Waals surface area (Å²) >= 11 is 0. The molecule has 0 fully saturated rings. The lowest BCUT2D eigenvalue weighted by atomic mass is 10.0. The zero-order valence-corrected chi connectivity index (χ0v) is 13.2. The van der Waals surface area contributed by atoms with Crippen molar-refractivity contribution in [3.63, 3.8) is 0 Å². The summed E-state index contributed by atoms with van der Waals surface area (Å²) in [5, 5.41) is 3.47. The van der Waals surface area contributed by atoms with E-state index in [1.165, 1.54) is 18.4 Å². The molecule has 1 aromatic carbocycles. The fourth-order valence-corrected chi connectivity index (χ4v) is 2.70. The van der Waals surface area contributed by atoms with Gasteiger partial charge < -0.3 is 14.8 Å². The van der Waals surface area contributed by atoms with Gasteiger partial charge in [0.2, 0.25) is 0 Å². The Morgan fingerprint density at radius 1 is 1.40 bits per heavy atom. The summed E-state index contributed by atoms with van der Waals surface area (Å²) in [7, 11) is 0. The Labute approximate surface area is 122 Å². The van der Waals surface area contributed by atoms with Crippen molar-refractivity contribution >= 4 is 0 Å². The highest BCUT2D eigenvalue weighted by Crippen LogP contribution is 2.41. The molecular weight excluding hydrogens is 250 g/mol. The SMILES string of the molecule is CCCC(C)NCCOc1cccc2c1OC(C)(C)C2. The average molecular weight is 277 g/mol. The molecule has 1 N–H and O–H groups in total. The van der Waals surface area contributed by atoms with Crippen LogP contribution in [0.1, 0.15) is 46.1 Å². The molecule has 2 rings (SSSR count). The lowest BCUT2D eigenvalue weighted by molar-refractivity contribution is 0.132. The highest BCUT2D eigenvalue weighted by molar-refractivity contribution is 5.50. The zero-order chi connectivity index (χ0) is 14.6. The van der Waals surface area contributed by atoms with Crippen molar-refractivity contribution < 1.29 is 9.47 Å². The third-order valence-corrected chi connectivity index (χ3v) is 3.63. The van der Waals surface area contributed by atoms with Gasteiger partial charge in [0.25, 0.3) is 0 Å². The number of ether oxygens (including phenoxy) is 2. The number of hydrogen-bond donors (Lipinski definition) is 1. The minimum Gasteiger partial charge on any atom is -0.488 e.